The van der Waals surface area contributed by atoms with E-state index in [2.05, 4.69) is 0 Å². The van der Waals surface area contributed by atoms with Crippen molar-refractivity contribution in [3.63, 3.8) is 0 Å². The van der Waals surface area contributed by atoms with Gasteiger partial charge in [-0.3, -0.25) is 10.0 Å². The van der Waals surface area contributed by atoms with E-state index in [0.29, 0.717) is 0 Å². The first-order valence-electron chi connectivity index (χ1n) is 10.1. The molecule has 4 bridgehead atoms. The number of hydrogen-bond acceptors (Lipinski definition) is 4. The molecule has 4 aliphatic carbocycles. The minimum atomic E-state index is -0.738. The molecular formula is C22H28N2O4. The number of benzene rings is 1. The summed E-state index contributed by atoms with van der Waals surface area (Å²) in [5.74, 6) is 1.93. The maximum Gasteiger partial charge on any atom is 0.405 e. The van der Waals surface area contributed by atoms with Crippen molar-refractivity contribution in [2.75, 3.05) is 0 Å². The summed E-state index contributed by atoms with van der Waals surface area (Å²) in [4.78, 5) is 22.7. The Morgan fingerprint density at radius 3 is 2.21 bits per heavy atom. The Hall–Kier alpha value is -2.34. The number of rotatable bonds is 6. The van der Waals surface area contributed by atoms with Gasteiger partial charge in [-0.1, -0.05) is 24.3 Å². The molecule has 0 spiro atoms. The maximum absolute atomic E-state index is 11.6. The molecule has 1 atom stereocenters. The first kappa shape index (κ1) is 19.0. The third-order valence-electron chi connectivity index (χ3n) is 6.89. The number of nitrogens with two attached hydrogens (primary N) is 1. The Morgan fingerprint density at radius 1 is 1.14 bits per heavy atom. The van der Waals surface area contributed by atoms with Crippen molar-refractivity contribution in [2.45, 2.75) is 51.0 Å². The summed E-state index contributed by atoms with van der Waals surface area (Å²) in [7, 11) is 0. The molecule has 0 heterocycles. The second-order valence-electron chi connectivity index (χ2n) is 9.02. The molecule has 0 aliphatic heterocycles. The van der Waals surface area contributed by atoms with Crippen LogP contribution in [-0.2, 0) is 9.53 Å². The average Bonchev–Trinajstić information content (AvgIpc) is 2.64. The van der Waals surface area contributed by atoms with Crippen LogP contribution in [-0.4, -0.2) is 17.2 Å². The minimum absolute atomic E-state index is 0.270. The van der Waals surface area contributed by atoms with E-state index in [1.807, 2.05) is 24.3 Å². The quantitative estimate of drug-likeness (QED) is 0.393. The Labute approximate surface area is 165 Å². The molecule has 4 aliphatic rings. The number of hydrogen-bond donors (Lipinski definition) is 3. The summed E-state index contributed by atoms with van der Waals surface area (Å²) in [6.45, 7) is 0. The fraction of sp³-hybridized carbons (Fsp3) is 0.545. The van der Waals surface area contributed by atoms with E-state index in [4.69, 9.17) is 15.7 Å². The number of primary amides is 1. The fourth-order valence-electron chi connectivity index (χ4n) is 6.33. The van der Waals surface area contributed by atoms with Crippen LogP contribution in [0.1, 0.15) is 62.2 Å². The zero-order valence-electron chi connectivity index (χ0n) is 16.0. The van der Waals surface area contributed by atoms with Gasteiger partial charge in [-0.2, -0.15) is 0 Å². The maximum atomic E-state index is 11.6. The highest BCUT2D eigenvalue weighted by Crippen LogP contribution is 2.62. The second kappa shape index (κ2) is 7.59. The molecule has 2 amide bonds. The normalized spacial score (nSPS) is 31.7. The molecule has 4 fully saturated rings. The topological polar surface area (TPSA) is 102 Å². The molecule has 1 aromatic carbocycles. The van der Waals surface area contributed by atoms with E-state index in [9.17, 15) is 9.59 Å². The summed E-state index contributed by atoms with van der Waals surface area (Å²) in [6.07, 6.45) is 10.5. The predicted octanol–water partition coefficient (Wildman–Crippen LogP) is 3.95. The molecular weight excluding hydrogens is 356 g/mol. The lowest BCUT2D eigenvalue weighted by molar-refractivity contribution is -0.124. The number of carbonyl (C=O) groups excluding carboxylic acids is 2. The Bertz CT molecular complexity index is 736. The molecule has 4 N–H and O–H groups in total. The van der Waals surface area contributed by atoms with Gasteiger partial charge in [0.05, 0.1) is 0 Å². The second-order valence-corrected chi connectivity index (χ2v) is 9.02. The van der Waals surface area contributed by atoms with Crippen molar-refractivity contribution in [1.82, 2.24) is 5.48 Å². The van der Waals surface area contributed by atoms with Crippen LogP contribution in [0.3, 0.4) is 0 Å². The molecule has 0 saturated heterocycles. The largest absolute Gasteiger partial charge is 0.441 e. The lowest BCUT2D eigenvalue weighted by atomic mass is 9.48. The van der Waals surface area contributed by atoms with Gasteiger partial charge in [0.15, 0.2) is 0 Å². The van der Waals surface area contributed by atoms with Gasteiger partial charge in [-0.15, -0.1) is 0 Å². The molecule has 28 heavy (non-hydrogen) atoms. The highest BCUT2D eigenvalue weighted by Gasteiger charge is 2.51. The SMILES string of the molecule is NC(=O)OC(CC12CC3CC(CC(C3)C1)C2)c1ccc(/C=C/C(=O)NO)cc1. The van der Waals surface area contributed by atoms with Crippen LogP contribution in [0.5, 0.6) is 0 Å². The van der Waals surface area contributed by atoms with Crippen molar-refractivity contribution in [1.29, 1.82) is 0 Å². The Balaban J connectivity index is 1.51. The van der Waals surface area contributed by atoms with Crippen molar-refractivity contribution in [3.05, 3.63) is 41.5 Å². The summed E-state index contributed by atoms with van der Waals surface area (Å²) >= 11 is 0. The standard InChI is InChI=1S/C22H28N2O4/c23-21(26)28-19(18-4-1-14(2-5-18)3-6-20(25)24-27)13-22-10-15-7-16(11-22)9-17(8-15)12-22/h1-6,15-17,19,27H,7-13H2,(H2,23,26)(H,24,25)/b6-3+. The molecule has 5 rings (SSSR count). The summed E-state index contributed by atoms with van der Waals surface area (Å²) in [6, 6.07) is 7.58. The van der Waals surface area contributed by atoms with Gasteiger partial charge in [0.25, 0.3) is 5.91 Å². The van der Waals surface area contributed by atoms with Gasteiger partial charge in [-0.25, -0.2) is 10.3 Å². The number of nitrogens with one attached hydrogen (secondary N) is 1. The smallest absolute Gasteiger partial charge is 0.405 e. The zero-order valence-corrected chi connectivity index (χ0v) is 16.0. The van der Waals surface area contributed by atoms with E-state index < -0.39 is 12.0 Å². The molecule has 6 nitrogen and oxygen atoms in total. The first-order chi connectivity index (χ1) is 13.4. The molecule has 150 valence electrons. The van der Waals surface area contributed by atoms with Gasteiger partial charge < -0.3 is 10.5 Å². The monoisotopic (exact) mass is 384 g/mol. The highest BCUT2D eigenvalue weighted by molar-refractivity contribution is 5.90. The average molecular weight is 384 g/mol. The van der Waals surface area contributed by atoms with Crippen LogP contribution in [0.2, 0.25) is 0 Å². The molecule has 1 unspecified atom stereocenters. The number of amides is 2. The lowest BCUT2D eigenvalue weighted by Gasteiger charge is -2.57. The van der Waals surface area contributed by atoms with E-state index in [-0.39, 0.29) is 11.5 Å². The van der Waals surface area contributed by atoms with Gasteiger partial charge in [0, 0.05) is 6.08 Å². The third-order valence-corrected chi connectivity index (χ3v) is 6.89. The van der Waals surface area contributed by atoms with E-state index in [1.54, 1.807) is 11.6 Å². The Morgan fingerprint density at radius 2 is 1.71 bits per heavy atom. The molecule has 0 aromatic heterocycles. The fourth-order valence-corrected chi connectivity index (χ4v) is 6.33. The van der Waals surface area contributed by atoms with Crippen LogP contribution >= 0.6 is 0 Å². The van der Waals surface area contributed by atoms with Gasteiger partial charge in [0.1, 0.15) is 6.10 Å². The number of carbonyl (C=O) groups is 2. The van der Waals surface area contributed by atoms with Crippen LogP contribution in [0, 0.1) is 23.2 Å². The van der Waals surface area contributed by atoms with Crippen molar-refractivity contribution < 1.29 is 19.5 Å². The molecule has 1 aromatic rings. The molecule has 0 radical (unpaired) electrons. The minimum Gasteiger partial charge on any atom is -0.441 e. The van der Waals surface area contributed by atoms with E-state index >= 15 is 0 Å². The van der Waals surface area contributed by atoms with Crippen molar-refractivity contribution >= 4 is 18.1 Å². The summed E-state index contributed by atoms with van der Waals surface area (Å²) < 4.78 is 5.55. The van der Waals surface area contributed by atoms with Crippen molar-refractivity contribution in [3.8, 4) is 0 Å². The molecule has 4 saturated carbocycles. The zero-order chi connectivity index (χ0) is 19.7. The van der Waals surface area contributed by atoms with Crippen LogP contribution in [0.4, 0.5) is 4.79 Å². The van der Waals surface area contributed by atoms with Gasteiger partial charge in [0.2, 0.25) is 0 Å². The van der Waals surface area contributed by atoms with Crippen LogP contribution in [0.15, 0.2) is 30.3 Å². The van der Waals surface area contributed by atoms with Crippen LogP contribution < -0.4 is 11.2 Å². The number of ether oxygens (including phenoxy) is 1. The van der Waals surface area contributed by atoms with E-state index in [0.717, 1.165) is 35.3 Å². The van der Waals surface area contributed by atoms with Gasteiger partial charge >= 0.3 is 6.09 Å². The Kier molecular flexibility index (Phi) is 5.15. The van der Waals surface area contributed by atoms with Crippen molar-refractivity contribution in [2.24, 2.45) is 28.9 Å². The highest BCUT2D eigenvalue weighted by atomic mass is 16.6. The first-order valence-corrected chi connectivity index (χ1v) is 10.1. The summed E-state index contributed by atoms with van der Waals surface area (Å²) in [5, 5.41) is 8.55. The summed E-state index contributed by atoms with van der Waals surface area (Å²) in [5.41, 5.74) is 8.96. The molecule has 6 heteroatoms. The predicted molar refractivity (Wildman–Crippen MR) is 104 cm³/mol. The lowest BCUT2D eigenvalue weighted by Crippen LogP contribution is -2.46. The number of hydroxylamine groups is 1. The van der Waals surface area contributed by atoms with Crippen LogP contribution in [0.25, 0.3) is 6.08 Å². The van der Waals surface area contributed by atoms with Gasteiger partial charge in [-0.05, 0) is 85.3 Å². The third kappa shape index (κ3) is 4.07. The van der Waals surface area contributed by atoms with E-state index in [1.165, 1.54) is 44.6 Å².